The largest absolute Gasteiger partial charge is 1.00 e. The van der Waals surface area contributed by atoms with Gasteiger partial charge in [-0.05, 0) is 34.6 Å². The van der Waals surface area contributed by atoms with Crippen LogP contribution in [0.25, 0.3) is 0 Å². The molecule has 0 spiro atoms. The highest BCUT2D eigenvalue weighted by Crippen LogP contribution is 2.61. The topological polar surface area (TPSA) is 0 Å². The summed E-state index contributed by atoms with van der Waals surface area (Å²) in [6.45, 7) is 11.9. The summed E-state index contributed by atoms with van der Waals surface area (Å²) in [6.07, 6.45) is 4.33. The highest BCUT2D eigenvalue weighted by Gasteiger charge is 2.34. The quantitative estimate of drug-likeness (QED) is 0.574. The zero-order chi connectivity index (χ0) is 8.20. The van der Waals surface area contributed by atoms with Crippen LogP contribution in [0.15, 0.2) is 0 Å². The summed E-state index contributed by atoms with van der Waals surface area (Å²) in [6, 6.07) is 0. The molecule has 0 aromatic heterocycles. The van der Waals surface area contributed by atoms with E-state index >= 15 is 0 Å². The summed E-state index contributed by atoms with van der Waals surface area (Å²) < 4.78 is 0. The van der Waals surface area contributed by atoms with Gasteiger partial charge in [0.2, 0.25) is 0 Å². The second-order valence-electron chi connectivity index (χ2n) is 3.26. The Balaban J connectivity index is 0. The van der Waals surface area contributed by atoms with Crippen LogP contribution in [0.1, 0.15) is 34.6 Å². The summed E-state index contributed by atoms with van der Waals surface area (Å²) in [7, 11) is -0.511. The minimum absolute atomic E-state index is 0. The molecule has 70 valence electrons. The molecule has 0 bridgehead atoms. The van der Waals surface area contributed by atoms with E-state index in [2.05, 4.69) is 34.6 Å². The highest BCUT2D eigenvalue weighted by molar-refractivity contribution is 7.76. The second-order valence-corrected chi connectivity index (χ2v) is 8.63. The fraction of sp³-hybridized carbons (Fsp3) is 1.00. The van der Waals surface area contributed by atoms with E-state index in [1.165, 1.54) is 18.5 Å². The number of rotatable bonds is 4. The van der Waals surface area contributed by atoms with Gasteiger partial charge in [0.15, 0.2) is 0 Å². The maximum atomic E-state index is 2.39. The van der Waals surface area contributed by atoms with Gasteiger partial charge in [0.05, 0.1) is 24.1 Å². The SMILES string of the molecule is CC[P+](CC)(CC)C(C)C.[Cl-]. The van der Waals surface area contributed by atoms with Crippen molar-refractivity contribution in [2.75, 3.05) is 18.5 Å². The van der Waals surface area contributed by atoms with E-state index in [1.807, 2.05) is 0 Å². The first-order valence-corrected chi connectivity index (χ1v) is 6.90. The minimum atomic E-state index is -0.511. The molecule has 2 heteroatoms. The molecule has 0 aliphatic rings. The van der Waals surface area contributed by atoms with Crippen LogP contribution in [0.5, 0.6) is 0 Å². The van der Waals surface area contributed by atoms with Crippen LogP contribution in [0.2, 0.25) is 0 Å². The first-order chi connectivity index (χ1) is 4.63. The molecule has 0 amide bonds. The van der Waals surface area contributed by atoms with Crippen LogP contribution in [0.4, 0.5) is 0 Å². The average molecular weight is 197 g/mol. The van der Waals surface area contributed by atoms with Gasteiger partial charge in [-0.25, -0.2) is 0 Å². The van der Waals surface area contributed by atoms with Gasteiger partial charge in [-0.2, -0.15) is 0 Å². The molecule has 11 heavy (non-hydrogen) atoms. The Bertz CT molecular complexity index is 79.3. The third-order valence-electron chi connectivity index (χ3n) is 2.98. The molecular weight excluding hydrogens is 175 g/mol. The molecule has 0 radical (unpaired) electrons. The van der Waals surface area contributed by atoms with E-state index in [0.29, 0.717) is 0 Å². The molecule has 0 heterocycles. The van der Waals surface area contributed by atoms with Gasteiger partial charge < -0.3 is 12.4 Å². The van der Waals surface area contributed by atoms with Crippen molar-refractivity contribution in [2.45, 2.75) is 40.3 Å². The Morgan fingerprint density at radius 3 is 1.18 bits per heavy atom. The zero-order valence-corrected chi connectivity index (χ0v) is 10.2. The molecule has 0 nitrogen and oxygen atoms in total. The fourth-order valence-corrected chi connectivity index (χ4v) is 5.30. The molecule has 0 unspecified atom stereocenters. The summed E-state index contributed by atoms with van der Waals surface area (Å²) in [5.74, 6) is 0. The third kappa shape index (κ3) is 3.30. The van der Waals surface area contributed by atoms with Crippen molar-refractivity contribution in [2.24, 2.45) is 0 Å². The van der Waals surface area contributed by atoms with Crippen LogP contribution in [-0.4, -0.2) is 24.1 Å². The maximum Gasteiger partial charge on any atom is 0.0641 e. The number of halogens is 1. The molecule has 0 rings (SSSR count). The summed E-state index contributed by atoms with van der Waals surface area (Å²) in [5, 5.41) is 0. The van der Waals surface area contributed by atoms with E-state index in [9.17, 15) is 0 Å². The van der Waals surface area contributed by atoms with Crippen molar-refractivity contribution >= 4 is 7.26 Å². The maximum absolute atomic E-state index is 2.39. The lowest BCUT2D eigenvalue weighted by Crippen LogP contribution is -3.00. The molecule has 0 N–H and O–H groups in total. The molecule has 0 atom stereocenters. The third-order valence-corrected chi connectivity index (χ3v) is 8.95. The Morgan fingerprint density at radius 2 is 1.18 bits per heavy atom. The van der Waals surface area contributed by atoms with Crippen molar-refractivity contribution < 1.29 is 12.4 Å². The Kier molecular flexibility index (Phi) is 8.11. The van der Waals surface area contributed by atoms with E-state index in [4.69, 9.17) is 0 Å². The molecule has 0 aromatic rings. The van der Waals surface area contributed by atoms with E-state index in [-0.39, 0.29) is 12.4 Å². The van der Waals surface area contributed by atoms with Crippen molar-refractivity contribution in [1.82, 2.24) is 0 Å². The van der Waals surface area contributed by atoms with Gasteiger partial charge in [-0.3, -0.25) is 0 Å². The predicted octanol–water partition coefficient (Wildman–Crippen LogP) is 0.476. The van der Waals surface area contributed by atoms with Crippen LogP contribution in [0, 0.1) is 0 Å². The Labute approximate surface area is 78.9 Å². The normalized spacial score (nSPS) is 11.5. The second kappa shape index (κ2) is 6.26. The molecule has 0 saturated carbocycles. The predicted molar refractivity (Wildman–Crippen MR) is 53.7 cm³/mol. The monoisotopic (exact) mass is 196 g/mol. The van der Waals surface area contributed by atoms with Gasteiger partial charge in [-0.1, -0.05) is 0 Å². The molecule has 0 aliphatic heterocycles. The molecule has 0 aromatic carbocycles. The first-order valence-electron chi connectivity index (χ1n) is 4.48. The molecular formula is C9H22ClP. The lowest BCUT2D eigenvalue weighted by Gasteiger charge is -2.27. The standard InChI is InChI=1S/C9H22P.ClH/c1-6-10(7-2,8-3)9(4)5;/h9H,6-8H2,1-5H3;1H/q+1;/p-1. The van der Waals surface area contributed by atoms with Crippen LogP contribution in [-0.2, 0) is 0 Å². The van der Waals surface area contributed by atoms with Crippen molar-refractivity contribution in [3.63, 3.8) is 0 Å². The van der Waals surface area contributed by atoms with Crippen molar-refractivity contribution in [1.29, 1.82) is 0 Å². The first kappa shape index (κ1) is 14.3. The van der Waals surface area contributed by atoms with E-state index in [1.54, 1.807) is 0 Å². The van der Waals surface area contributed by atoms with Gasteiger partial charge >= 0.3 is 0 Å². The van der Waals surface area contributed by atoms with E-state index in [0.717, 1.165) is 5.66 Å². The number of hydrogen-bond donors (Lipinski definition) is 0. The van der Waals surface area contributed by atoms with Gasteiger partial charge in [0.1, 0.15) is 0 Å². The smallest absolute Gasteiger partial charge is 0.0641 e. The van der Waals surface area contributed by atoms with E-state index < -0.39 is 7.26 Å². The molecule has 0 fully saturated rings. The molecule has 0 aliphatic carbocycles. The lowest BCUT2D eigenvalue weighted by atomic mass is 10.6. The van der Waals surface area contributed by atoms with Gasteiger partial charge in [-0.15, -0.1) is 0 Å². The number of hydrogen-bond acceptors (Lipinski definition) is 0. The van der Waals surface area contributed by atoms with Crippen molar-refractivity contribution in [3.05, 3.63) is 0 Å². The fourth-order valence-electron chi connectivity index (χ4n) is 1.77. The van der Waals surface area contributed by atoms with Crippen LogP contribution < -0.4 is 12.4 Å². The highest BCUT2D eigenvalue weighted by atomic mass is 35.5. The minimum Gasteiger partial charge on any atom is -1.00 e. The summed E-state index contributed by atoms with van der Waals surface area (Å²) >= 11 is 0. The Morgan fingerprint density at radius 1 is 0.909 bits per heavy atom. The van der Waals surface area contributed by atoms with Crippen LogP contribution >= 0.6 is 7.26 Å². The van der Waals surface area contributed by atoms with Crippen molar-refractivity contribution in [3.8, 4) is 0 Å². The summed E-state index contributed by atoms with van der Waals surface area (Å²) in [4.78, 5) is 0. The van der Waals surface area contributed by atoms with Crippen LogP contribution in [0.3, 0.4) is 0 Å². The summed E-state index contributed by atoms with van der Waals surface area (Å²) in [5.41, 5.74) is 0.951. The molecule has 0 saturated heterocycles. The zero-order valence-electron chi connectivity index (χ0n) is 8.52. The Hall–Kier alpha value is 0.720. The lowest BCUT2D eigenvalue weighted by molar-refractivity contribution is -0.00000248. The van der Waals surface area contributed by atoms with Gasteiger partial charge in [0, 0.05) is 7.26 Å². The van der Waals surface area contributed by atoms with Gasteiger partial charge in [0.25, 0.3) is 0 Å². The average Bonchev–Trinajstić information content (AvgIpc) is 1.92.